The van der Waals surface area contributed by atoms with Crippen molar-refractivity contribution in [3.05, 3.63) is 16.7 Å². The van der Waals surface area contributed by atoms with Gasteiger partial charge in [0, 0.05) is 6.61 Å². The maximum absolute atomic E-state index is 12.3. The van der Waals surface area contributed by atoms with Crippen LogP contribution < -0.4 is 15.9 Å². The van der Waals surface area contributed by atoms with E-state index in [9.17, 15) is 20.1 Å². The molecule has 3 rings (SSSR count). The van der Waals surface area contributed by atoms with Crippen LogP contribution in [0.5, 0.6) is 0 Å². The number of rotatable bonds is 6. The van der Waals surface area contributed by atoms with Gasteiger partial charge in [0.2, 0.25) is 11.7 Å². The lowest BCUT2D eigenvalue weighted by atomic mass is 10.1. The molecule has 1 aliphatic heterocycles. The average molecular weight is 356 g/mol. The SMILES string of the molecule is Nc1nc2c(c(=O)[nH]1)n(CCCCO)c[n+]2[C@@H]1O[C@H](CO)[C@@H](O)[C@H]1O. The minimum atomic E-state index is -1.30. The van der Waals surface area contributed by atoms with E-state index in [4.69, 9.17) is 15.6 Å². The fourth-order valence-corrected chi connectivity index (χ4v) is 3.03. The fourth-order valence-electron chi connectivity index (χ4n) is 3.03. The number of aromatic amines is 1. The number of H-pyrrole nitrogens is 1. The number of nitrogen functional groups attached to an aromatic ring is 1. The van der Waals surface area contributed by atoms with Crippen molar-refractivity contribution >= 4 is 17.1 Å². The smallest absolute Gasteiger partial charge is 0.313 e. The highest BCUT2D eigenvalue weighted by Gasteiger charge is 2.46. The molecule has 2 aromatic heterocycles. The van der Waals surface area contributed by atoms with E-state index in [1.807, 2.05) is 0 Å². The molecule has 11 nitrogen and oxygen atoms in total. The summed E-state index contributed by atoms with van der Waals surface area (Å²) < 4.78 is 8.56. The van der Waals surface area contributed by atoms with Gasteiger partial charge in [-0.2, -0.15) is 0 Å². The van der Waals surface area contributed by atoms with Gasteiger partial charge in [-0.3, -0.25) is 14.3 Å². The van der Waals surface area contributed by atoms with Gasteiger partial charge in [-0.15, -0.1) is 0 Å². The molecule has 0 bridgehead atoms. The summed E-state index contributed by atoms with van der Waals surface area (Å²) >= 11 is 0. The first-order chi connectivity index (χ1) is 12.0. The number of aryl methyl sites for hydroxylation is 1. The van der Waals surface area contributed by atoms with Crippen molar-refractivity contribution in [3.8, 4) is 0 Å². The first kappa shape index (κ1) is 17.8. The number of aliphatic hydroxyl groups is 4. The topological polar surface area (TPSA) is 171 Å². The van der Waals surface area contributed by atoms with Crippen molar-refractivity contribution in [2.45, 2.75) is 43.9 Å². The highest BCUT2D eigenvalue weighted by Crippen LogP contribution is 2.26. The lowest BCUT2D eigenvalue weighted by molar-refractivity contribution is -0.746. The van der Waals surface area contributed by atoms with Crippen LogP contribution in [0, 0.1) is 0 Å². The summed E-state index contributed by atoms with van der Waals surface area (Å²) in [5.41, 5.74) is 5.61. The normalized spacial score (nSPS) is 26.6. The Morgan fingerprint density at radius 3 is 2.72 bits per heavy atom. The number of imidazole rings is 1. The Bertz CT molecular complexity index is 805. The van der Waals surface area contributed by atoms with Gasteiger partial charge in [0.1, 0.15) is 18.3 Å². The molecule has 25 heavy (non-hydrogen) atoms. The number of nitrogens with zero attached hydrogens (tertiary/aromatic N) is 3. The molecule has 1 saturated heterocycles. The molecule has 7 N–H and O–H groups in total. The fraction of sp³-hybridized carbons (Fsp3) is 0.643. The molecule has 0 radical (unpaired) electrons. The Morgan fingerprint density at radius 2 is 2.08 bits per heavy atom. The molecule has 0 aliphatic carbocycles. The Labute approximate surface area is 141 Å². The number of fused-ring (bicyclic) bond motifs is 1. The molecule has 4 atom stereocenters. The van der Waals surface area contributed by atoms with E-state index in [-0.39, 0.29) is 23.7 Å². The standard InChI is InChI=1S/C14H21N5O6/c15-14-16-11-8(12(24)17-14)18(3-1-2-4-20)6-19(11)13-10(23)9(22)7(5-21)25-13/h6-7,9-10,13,20-23H,1-5H2,(H2-,15,16,17,24)/p+1/t7-,9-,10-,13-/m1/s1. The van der Waals surface area contributed by atoms with Gasteiger partial charge in [0.25, 0.3) is 11.5 Å². The first-order valence-electron chi connectivity index (χ1n) is 8.01. The van der Waals surface area contributed by atoms with Crippen LogP contribution in [0.4, 0.5) is 5.95 Å². The number of aliphatic hydroxyl groups excluding tert-OH is 4. The maximum atomic E-state index is 12.3. The van der Waals surface area contributed by atoms with Crippen LogP contribution in [-0.2, 0) is 11.3 Å². The zero-order valence-electron chi connectivity index (χ0n) is 13.4. The molecule has 11 heteroatoms. The van der Waals surface area contributed by atoms with E-state index in [0.717, 1.165) is 0 Å². The van der Waals surface area contributed by atoms with Crippen molar-refractivity contribution in [3.63, 3.8) is 0 Å². The predicted molar refractivity (Wildman–Crippen MR) is 84.3 cm³/mol. The lowest BCUT2D eigenvalue weighted by Gasteiger charge is -2.12. The third-order valence-corrected chi connectivity index (χ3v) is 4.29. The average Bonchev–Trinajstić information content (AvgIpc) is 3.06. The van der Waals surface area contributed by atoms with Gasteiger partial charge >= 0.3 is 5.65 Å². The molecule has 0 unspecified atom stereocenters. The lowest BCUT2D eigenvalue weighted by Crippen LogP contribution is -2.46. The number of anilines is 1. The Balaban J connectivity index is 2.07. The number of ether oxygens (including phenoxy) is 1. The minimum Gasteiger partial charge on any atom is -0.396 e. The summed E-state index contributed by atoms with van der Waals surface area (Å²) in [7, 11) is 0. The zero-order valence-corrected chi connectivity index (χ0v) is 13.4. The van der Waals surface area contributed by atoms with Gasteiger partial charge < -0.3 is 30.9 Å². The number of aromatic nitrogens is 4. The summed E-state index contributed by atoms with van der Waals surface area (Å²) in [4.78, 5) is 18.8. The quantitative estimate of drug-likeness (QED) is 0.234. The van der Waals surface area contributed by atoms with Crippen molar-refractivity contribution < 1.29 is 29.7 Å². The van der Waals surface area contributed by atoms with E-state index in [1.165, 1.54) is 4.57 Å². The summed E-state index contributed by atoms with van der Waals surface area (Å²) in [6.45, 7) is 0.0176. The molecule has 0 saturated carbocycles. The second-order valence-electron chi connectivity index (χ2n) is 6.00. The second kappa shape index (κ2) is 7.06. The molecule has 0 amide bonds. The summed E-state index contributed by atoms with van der Waals surface area (Å²) in [6.07, 6.45) is -1.81. The molecular weight excluding hydrogens is 334 g/mol. The van der Waals surface area contributed by atoms with Gasteiger partial charge in [-0.25, -0.2) is 4.57 Å². The highest BCUT2D eigenvalue weighted by molar-refractivity contribution is 5.67. The molecule has 0 spiro atoms. The van der Waals surface area contributed by atoms with Crippen LogP contribution >= 0.6 is 0 Å². The van der Waals surface area contributed by atoms with Crippen LogP contribution in [0.15, 0.2) is 11.1 Å². The Morgan fingerprint density at radius 1 is 1.32 bits per heavy atom. The van der Waals surface area contributed by atoms with Gasteiger partial charge in [-0.1, -0.05) is 4.98 Å². The molecule has 1 aliphatic rings. The van der Waals surface area contributed by atoms with E-state index in [1.54, 1.807) is 10.9 Å². The molecular formula is C14H22N5O6+. The van der Waals surface area contributed by atoms with E-state index >= 15 is 0 Å². The minimum absolute atomic E-state index is 0.0373. The largest absolute Gasteiger partial charge is 0.396 e. The van der Waals surface area contributed by atoms with Crippen molar-refractivity contribution in [2.75, 3.05) is 18.9 Å². The van der Waals surface area contributed by atoms with Crippen LogP contribution in [0.3, 0.4) is 0 Å². The summed E-state index contributed by atoms with van der Waals surface area (Å²) in [5.74, 6) is -0.0916. The second-order valence-corrected chi connectivity index (χ2v) is 6.00. The predicted octanol–water partition coefficient (Wildman–Crippen LogP) is -3.02. The number of nitrogens with two attached hydrogens (primary N) is 1. The zero-order chi connectivity index (χ0) is 18.1. The van der Waals surface area contributed by atoms with Crippen LogP contribution in [0.2, 0.25) is 0 Å². The van der Waals surface area contributed by atoms with E-state index in [2.05, 4.69) is 9.97 Å². The van der Waals surface area contributed by atoms with Gasteiger partial charge in [-0.05, 0) is 12.8 Å². The number of unbranched alkanes of at least 4 members (excludes halogenated alkanes) is 1. The van der Waals surface area contributed by atoms with Crippen molar-refractivity contribution in [1.29, 1.82) is 0 Å². The van der Waals surface area contributed by atoms with Crippen LogP contribution in [0.1, 0.15) is 19.1 Å². The molecule has 3 heterocycles. The van der Waals surface area contributed by atoms with Gasteiger partial charge in [0.05, 0.1) is 13.2 Å². The Hall–Kier alpha value is -2.05. The highest BCUT2D eigenvalue weighted by atomic mass is 16.6. The number of hydrogen-bond donors (Lipinski definition) is 6. The monoisotopic (exact) mass is 356 g/mol. The third-order valence-electron chi connectivity index (χ3n) is 4.29. The maximum Gasteiger partial charge on any atom is 0.313 e. The van der Waals surface area contributed by atoms with E-state index in [0.29, 0.717) is 19.4 Å². The Kier molecular flexibility index (Phi) is 5.01. The van der Waals surface area contributed by atoms with Crippen molar-refractivity contribution in [1.82, 2.24) is 14.5 Å². The summed E-state index contributed by atoms with van der Waals surface area (Å²) in [6, 6.07) is 0. The summed E-state index contributed by atoms with van der Waals surface area (Å²) in [5, 5.41) is 38.4. The van der Waals surface area contributed by atoms with E-state index < -0.39 is 36.7 Å². The molecule has 1 fully saturated rings. The molecule has 138 valence electrons. The van der Waals surface area contributed by atoms with Gasteiger partial charge in [0.15, 0.2) is 6.33 Å². The molecule has 2 aromatic rings. The number of hydrogen-bond acceptors (Lipinski definition) is 8. The third kappa shape index (κ3) is 3.12. The van der Waals surface area contributed by atoms with Crippen LogP contribution in [0.25, 0.3) is 11.2 Å². The van der Waals surface area contributed by atoms with Crippen molar-refractivity contribution in [2.24, 2.45) is 0 Å². The first-order valence-corrected chi connectivity index (χ1v) is 8.01. The van der Waals surface area contributed by atoms with Crippen LogP contribution in [-0.4, -0.2) is 66.5 Å². The number of nitrogens with one attached hydrogen (secondary N) is 1. The molecule has 0 aromatic carbocycles.